The topological polar surface area (TPSA) is 65.8 Å². The minimum atomic E-state index is -0.233. The van der Waals surface area contributed by atoms with Gasteiger partial charge in [-0.3, -0.25) is 9.36 Å². The lowest BCUT2D eigenvalue weighted by Crippen LogP contribution is -2.11. The van der Waals surface area contributed by atoms with Gasteiger partial charge in [0.05, 0.1) is 0 Å². The molecule has 1 amide bonds. The molecule has 114 valence electrons. The Bertz CT molecular complexity index is 786. The highest BCUT2D eigenvalue weighted by Crippen LogP contribution is 2.28. The molecule has 0 atom stereocenters. The lowest BCUT2D eigenvalue weighted by atomic mass is 10.2. The lowest BCUT2D eigenvalue weighted by molar-refractivity contribution is -0.118. The number of hydrogen-bond donors (Lipinski definition) is 1. The van der Waals surface area contributed by atoms with Crippen LogP contribution in [-0.4, -0.2) is 20.0 Å². The van der Waals surface area contributed by atoms with Crippen LogP contribution in [0.15, 0.2) is 43.0 Å². The molecule has 0 bridgehead atoms. The number of carbonyl (C=O) groups excluding carboxylic acids is 1. The zero-order chi connectivity index (χ0) is 15.5. The zero-order valence-electron chi connectivity index (χ0n) is 12.7. The Morgan fingerprint density at radius 3 is 2.82 bits per heavy atom. The van der Waals surface area contributed by atoms with Gasteiger partial charge in [0, 0.05) is 36.3 Å². The van der Waals surface area contributed by atoms with Crippen LogP contribution >= 0.6 is 0 Å². The second-order valence-electron chi connectivity index (χ2n) is 5.51. The number of imidazole rings is 1. The molecule has 0 spiro atoms. The number of para-hydroxylation sites is 1. The van der Waals surface area contributed by atoms with Crippen LogP contribution in [0.2, 0.25) is 0 Å². The van der Waals surface area contributed by atoms with Crippen LogP contribution in [0.1, 0.15) is 24.8 Å². The first-order valence-electron chi connectivity index (χ1n) is 7.53. The minimum absolute atomic E-state index is 0.233. The van der Waals surface area contributed by atoms with Crippen molar-refractivity contribution < 1.29 is 4.79 Å². The summed E-state index contributed by atoms with van der Waals surface area (Å²) in [5.74, 6) is 0.904. The van der Waals surface area contributed by atoms with E-state index in [1.54, 1.807) is 6.20 Å². The van der Waals surface area contributed by atoms with Gasteiger partial charge in [0.1, 0.15) is 12.1 Å². The Hall–Kier alpha value is -2.56. The molecule has 0 saturated heterocycles. The number of fused-ring (bicyclic) bond motifs is 1. The number of amides is 1. The number of benzene rings is 1. The molecule has 0 fully saturated rings. The third-order valence-corrected chi connectivity index (χ3v) is 3.99. The molecule has 1 aromatic carbocycles. The van der Waals surface area contributed by atoms with Crippen LogP contribution in [0, 0.1) is 6.92 Å². The Morgan fingerprint density at radius 1 is 1.27 bits per heavy atom. The van der Waals surface area contributed by atoms with E-state index in [4.69, 9.17) is 5.73 Å². The highest BCUT2D eigenvalue weighted by atomic mass is 16.1. The summed E-state index contributed by atoms with van der Waals surface area (Å²) in [6.45, 7) is 2.99. The number of primary amides is 1. The lowest BCUT2D eigenvalue weighted by Gasteiger charge is -2.12. The monoisotopic (exact) mass is 296 g/mol. The van der Waals surface area contributed by atoms with Crippen molar-refractivity contribution in [1.29, 1.82) is 0 Å². The van der Waals surface area contributed by atoms with Crippen molar-refractivity contribution in [2.24, 2.45) is 5.73 Å². The van der Waals surface area contributed by atoms with E-state index in [0.29, 0.717) is 6.42 Å². The highest BCUT2D eigenvalue weighted by molar-refractivity contribution is 5.87. The molecule has 5 nitrogen and oxygen atoms in total. The van der Waals surface area contributed by atoms with Gasteiger partial charge in [-0.25, -0.2) is 4.98 Å². The van der Waals surface area contributed by atoms with E-state index in [0.717, 1.165) is 25.2 Å². The number of rotatable bonds is 6. The molecular weight excluding hydrogens is 276 g/mol. The average Bonchev–Trinajstić information content (AvgIpc) is 3.11. The molecule has 2 heterocycles. The average molecular weight is 296 g/mol. The van der Waals surface area contributed by atoms with Crippen molar-refractivity contribution in [3.63, 3.8) is 0 Å². The summed E-state index contributed by atoms with van der Waals surface area (Å²) in [5.41, 5.74) is 7.67. The fourth-order valence-electron chi connectivity index (χ4n) is 2.98. The van der Waals surface area contributed by atoms with Gasteiger partial charge in [-0.2, -0.15) is 0 Å². The molecule has 2 aromatic heterocycles. The van der Waals surface area contributed by atoms with E-state index in [-0.39, 0.29) is 5.91 Å². The van der Waals surface area contributed by atoms with E-state index in [2.05, 4.69) is 40.7 Å². The van der Waals surface area contributed by atoms with E-state index in [9.17, 15) is 4.79 Å². The van der Waals surface area contributed by atoms with Crippen molar-refractivity contribution in [2.45, 2.75) is 32.7 Å². The fourth-order valence-corrected chi connectivity index (χ4v) is 2.98. The second kappa shape index (κ2) is 6.05. The van der Waals surface area contributed by atoms with Crippen LogP contribution in [0.4, 0.5) is 0 Å². The third-order valence-electron chi connectivity index (χ3n) is 3.99. The summed E-state index contributed by atoms with van der Waals surface area (Å²) in [7, 11) is 0. The van der Waals surface area contributed by atoms with Crippen LogP contribution < -0.4 is 5.73 Å². The molecule has 22 heavy (non-hydrogen) atoms. The van der Waals surface area contributed by atoms with Crippen LogP contribution in [-0.2, 0) is 11.3 Å². The number of hydrogen-bond acceptors (Lipinski definition) is 2. The molecule has 0 aliphatic carbocycles. The summed E-state index contributed by atoms with van der Waals surface area (Å²) in [4.78, 5) is 15.0. The van der Waals surface area contributed by atoms with Crippen LogP contribution in [0.3, 0.4) is 0 Å². The van der Waals surface area contributed by atoms with Crippen LogP contribution in [0.5, 0.6) is 0 Å². The Kier molecular flexibility index (Phi) is 3.96. The molecule has 0 aliphatic heterocycles. The Balaban J connectivity index is 1.99. The quantitative estimate of drug-likeness (QED) is 0.711. The van der Waals surface area contributed by atoms with E-state index < -0.39 is 0 Å². The number of aromatic nitrogens is 3. The number of nitrogens with two attached hydrogens (primary N) is 1. The third kappa shape index (κ3) is 2.62. The summed E-state index contributed by atoms with van der Waals surface area (Å²) in [5, 5.41) is 1.25. The minimum Gasteiger partial charge on any atom is -0.370 e. The van der Waals surface area contributed by atoms with Crippen molar-refractivity contribution in [2.75, 3.05) is 0 Å². The van der Waals surface area contributed by atoms with E-state index >= 15 is 0 Å². The van der Waals surface area contributed by atoms with Gasteiger partial charge in [0.15, 0.2) is 0 Å². The first-order valence-corrected chi connectivity index (χ1v) is 7.53. The van der Waals surface area contributed by atoms with Gasteiger partial charge in [-0.15, -0.1) is 0 Å². The molecular formula is C17H20N4O. The fraction of sp³-hybridized carbons (Fsp3) is 0.294. The number of nitrogens with zero attached hydrogens (tertiary/aromatic N) is 3. The summed E-state index contributed by atoms with van der Waals surface area (Å²) in [6, 6.07) is 8.39. The maximum Gasteiger partial charge on any atom is 0.217 e. The first-order chi connectivity index (χ1) is 10.7. The van der Waals surface area contributed by atoms with Gasteiger partial charge in [0.2, 0.25) is 5.91 Å². The van der Waals surface area contributed by atoms with Crippen molar-refractivity contribution in [3.8, 4) is 5.82 Å². The number of aryl methyl sites for hydroxylation is 2. The van der Waals surface area contributed by atoms with Crippen molar-refractivity contribution in [1.82, 2.24) is 14.1 Å². The molecule has 0 saturated carbocycles. The number of carbonyl (C=O) groups is 1. The van der Waals surface area contributed by atoms with E-state index in [1.807, 2.05) is 17.1 Å². The number of unbranched alkanes of at least 4 members (excludes halogenated alkanes) is 1. The van der Waals surface area contributed by atoms with Gasteiger partial charge in [-0.05, 0) is 31.4 Å². The predicted molar refractivity (Wildman–Crippen MR) is 86.8 cm³/mol. The van der Waals surface area contributed by atoms with Crippen molar-refractivity contribution in [3.05, 3.63) is 48.5 Å². The highest BCUT2D eigenvalue weighted by Gasteiger charge is 2.14. The molecule has 3 aromatic rings. The van der Waals surface area contributed by atoms with Gasteiger partial charge in [-0.1, -0.05) is 18.2 Å². The Labute approximate surface area is 129 Å². The van der Waals surface area contributed by atoms with E-state index in [1.165, 1.54) is 16.5 Å². The van der Waals surface area contributed by atoms with Crippen LogP contribution in [0.25, 0.3) is 16.7 Å². The first kappa shape index (κ1) is 14.4. The predicted octanol–water partition coefficient (Wildman–Crippen LogP) is 2.79. The molecule has 0 aliphatic rings. The summed E-state index contributed by atoms with van der Waals surface area (Å²) >= 11 is 0. The summed E-state index contributed by atoms with van der Waals surface area (Å²) < 4.78 is 4.34. The smallest absolute Gasteiger partial charge is 0.217 e. The SMILES string of the molecule is Cc1c(-n2ccnc2)n(CCCCC(N)=O)c2ccccc12. The molecule has 2 N–H and O–H groups in total. The maximum absolute atomic E-state index is 10.9. The zero-order valence-corrected chi connectivity index (χ0v) is 12.7. The van der Waals surface area contributed by atoms with Gasteiger partial charge < -0.3 is 10.3 Å². The van der Waals surface area contributed by atoms with Gasteiger partial charge >= 0.3 is 0 Å². The molecule has 3 rings (SSSR count). The van der Waals surface area contributed by atoms with Gasteiger partial charge in [0.25, 0.3) is 0 Å². The maximum atomic E-state index is 10.9. The summed E-state index contributed by atoms with van der Waals surface area (Å²) in [6.07, 6.45) is 7.74. The normalized spacial score (nSPS) is 11.1. The largest absolute Gasteiger partial charge is 0.370 e. The second-order valence-corrected chi connectivity index (χ2v) is 5.51. The standard InChI is InChI=1S/C17H20N4O/c1-13-14-6-2-3-7-15(14)21(10-5-4-8-16(18)22)17(13)20-11-9-19-12-20/h2-3,6-7,9,11-12H,4-5,8,10H2,1H3,(H2,18,22). The molecule has 5 heteroatoms. The van der Waals surface area contributed by atoms with Crippen molar-refractivity contribution >= 4 is 16.8 Å². The Morgan fingerprint density at radius 2 is 2.09 bits per heavy atom. The molecule has 0 radical (unpaired) electrons. The molecule has 0 unspecified atom stereocenters.